The van der Waals surface area contributed by atoms with Gasteiger partial charge in [0.2, 0.25) is 17.5 Å². The zero-order valence-electron chi connectivity index (χ0n) is 34.1. The molecule has 0 spiro atoms. The van der Waals surface area contributed by atoms with Gasteiger partial charge in [0.05, 0.1) is 6.61 Å². The highest BCUT2D eigenvalue weighted by molar-refractivity contribution is 5.99. The van der Waals surface area contributed by atoms with E-state index in [0.717, 1.165) is 30.6 Å². The molecule has 0 radical (unpaired) electrons. The highest BCUT2D eigenvalue weighted by Gasteiger charge is 2.86. The Balaban J connectivity index is 2.16. The van der Waals surface area contributed by atoms with E-state index in [1.807, 2.05) is 65.0 Å². The minimum Gasteiger partial charge on any atom is -0.479 e. The predicted octanol–water partition coefficient (Wildman–Crippen LogP) is 5.03. The highest BCUT2D eigenvalue weighted by atomic mass is 16.8. The summed E-state index contributed by atoms with van der Waals surface area (Å²) in [4.78, 5) is 67.1. The minimum absolute atomic E-state index is 0.0570. The summed E-state index contributed by atoms with van der Waals surface area (Å²) in [7, 11) is 0. The molecule has 0 aliphatic carbocycles. The van der Waals surface area contributed by atoms with Crippen LogP contribution in [-0.4, -0.2) is 99.8 Å². The van der Waals surface area contributed by atoms with Crippen molar-refractivity contribution in [3.05, 3.63) is 72.9 Å². The number of allylic oxidation sites excluding steroid dienone is 1. The first-order valence-electron chi connectivity index (χ1n) is 19.5. The van der Waals surface area contributed by atoms with Crippen LogP contribution in [0.4, 0.5) is 0 Å². The lowest BCUT2D eigenvalue weighted by atomic mass is 9.74. The van der Waals surface area contributed by atoms with Gasteiger partial charge in [-0.25, -0.2) is 19.2 Å². The monoisotopic (exact) mass is 800 g/mol. The standard InChI is InChI=1S/C43H60O14/c1-10-22-53-40(50)43-36(55-33(45)18-17-28(6)24-27(5)11-2)35(46)41(57-43,56-37(42(43,51)39(48)49)38(47)52-23-20-26(3)4)21-19-29(7)34(54-31(9)44)30(8)25-32-15-13-12-14-16-32/h10,12-18,26-28,30,34-37,46,51H,1,7,11,19-25H2,2-6,8-9H3,(H,48,49)/b18-17+/t27-,28+,30+,34+,35+,36+,37?,41?,42?,43?/m0/s1. The third-order valence-electron chi connectivity index (χ3n) is 10.5. The zero-order valence-corrected chi connectivity index (χ0v) is 34.1. The molecule has 2 aliphatic rings. The summed E-state index contributed by atoms with van der Waals surface area (Å²) < 4.78 is 34.2. The van der Waals surface area contributed by atoms with Crippen molar-refractivity contribution in [3.63, 3.8) is 0 Å². The Morgan fingerprint density at radius 2 is 1.70 bits per heavy atom. The SMILES string of the molecule is C=CCOC(=O)C12OC(CCC(=C)[C@@H](OC(C)=O)[C@H](C)Cc3ccccc3)(OC(C(=O)OCCC(C)C)C1(O)C(=O)O)[C@H](O)[C@H]2OC(=O)/C=C/[C@@H](C)C[C@@H](C)CC. The normalized spacial score (nSPS) is 27.5. The van der Waals surface area contributed by atoms with Crippen LogP contribution >= 0.6 is 0 Å². The molecule has 14 nitrogen and oxygen atoms in total. The van der Waals surface area contributed by atoms with Crippen LogP contribution in [0.5, 0.6) is 0 Å². The van der Waals surface area contributed by atoms with Crippen LogP contribution in [0.1, 0.15) is 86.1 Å². The fourth-order valence-corrected chi connectivity index (χ4v) is 7.27. The summed E-state index contributed by atoms with van der Waals surface area (Å²) in [5.41, 5.74) is -5.72. The Morgan fingerprint density at radius 3 is 2.28 bits per heavy atom. The quantitative estimate of drug-likeness (QED) is 0.0610. The van der Waals surface area contributed by atoms with E-state index in [4.69, 9.17) is 28.4 Å². The van der Waals surface area contributed by atoms with Gasteiger partial charge >= 0.3 is 29.8 Å². The fraction of sp³-hybridized carbons (Fsp3) is 0.605. The average Bonchev–Trinajstić information content (AvgIpc) is 3.37. The van der Waals surface area contributed by atoms with E-state index in [0.29, 0.717) is 24.3 Å². The number of carbonyl (C=O) groups excluding carboxylic acids is 4. The molecular weight excluding hydrogens is 740 g/mol. The summed E-state index contributed by atoms with van der Waals surface area (Å²) in [6.45, 7) is 19.7. The van der Waals surface area contributed by atoms with Crippen molar-refractivity contribution in [1.82, 2.24) is 0 Å². The smallest absolute Gasteiger partial charge is 0.346 e. The van der Waals surface area contributed by atoms with Gasteiger partial charge in [-0.2, -0.15) is 0 Å². The van der Waals surface area contributed by atoms with Crippen LogP contribution < -0.4 is 0 Å². The molecule has 2 fully saturated rings. The second-order valence-electron chi connectivity index (χ2n) is 15.7. The van der Waals surface area contributed by atoms with Crippen molar-refractivity contribution in [2.24, 2.45) is 23.7 Å². The minimum atomic E-state index is -3.69. The summed E-state index contributed by atoms with van der Waals surface area (Å²) in [6, 6.07) is 9.45. The number of carbonyl (C=O) groups is 5. The molecule has 4 unspecified atom stereocenters. The van der Waals surface area contributed by atoms with E-state index >= 15 is 0 Å². The molecule has 1 aromatic carbocycles. The Kier molecular flexibility index (Phi) is 16.8. The van der Waals surface area contributed by atoms with Crippen LogP contribution in [0.15, 0.2) is 67.3 Å². The second kappa shape index (κ2) is 20.4. The van der Waals surface area contributed by atoms with E-state index in [1.165, 1.54) is 6.92 Å². The molecule has 2 heterocycles. The molecule has 3 rings (SSSR count). The maximum Gasteiger partial charge on any atom is 0.346 e. The second-order valence-corrected chi connectivity index (χ2v) is 15.7. The predicted molar refractivity (Wildman–Crippen MR) is 207 cm³/mol. The molecular formula is C43H60O14. The van der Waals surface area contributed by atoms with Crippen molar-refractivity contribution >= 4 is 29.8 Å². The number of carboxylic acid groups (broad SMARTS) is 1. The van der Waals surface area contributed by atoms with Crippen molar-refractivity contribution in [2.75, 3.05) is 13.2 Å². The highest BCUT2D eigenvalue weighted by Crippen LogP contribution is 2.56. The van der Waals surface area contributed by atoms with E-state index in [2.05, 4.69) is 20.1 Å². The van der Waals surface area contributed by atoms with Crippen molar-refractivity contribution in [2.45, 2.75) is 128 Å². The van der Waals surface area contributed by atoms with Gasteiger partial charge in [-0.15, -0.1) is 0 Å². The maximum absolute atomic E-state index is 14.2. The van der Waals surface area contributed by atoms with Gasteiger partial charge in [0.1, 0.15) is 18.8 Å². The molecule has 2 bridgehead atoms. The number of hydrogen-bond acceptors (Lipinski definition) is 13. The molecule has 3 N–H and O–H groups in total. The van der Waals surface area contributed by atoms with E-state index in [1.54, 1.807) is 6.08 Å². The molecule has 2 aliphatic heterocycles. The molecule has 1 aromatic rings. The Hall–Kier alpha value is -4.37. The summed E-state index contributed by atoms with van der Waals surface area (Å²) in [5.74, 6) is -9.43. The van der Waals surface area contributed by atoms with Crippen molar-refractivity contribution < 1.29 is 67.7 Å². The molecule has 0 amide bonds. The van der Waals surface area contributed by atoms with Gasteiger partial charge < -0.3 is 43.7 Å². The lowest BCUT2D eigenvalue weighted by Crippen LogP contribution is -2.78. The van der Waals surface area contributed by atoms with Crippen LogP contribution in [0.3, 0.4) is 0 Å². The third kappa shape index (κ3) is 10.8. The average molecular weight is 801 g/mol. The number of ether oxygens (including phenoxy) is 6. The number of esters is 4. The number of benzene rings is 1. The Morgan fingerprint density at radius 1 is 1.04 bits per heavy atom. The van der Waals surface area contributed by atoms with Gasteiger partial charge in [-0.1, -0.05) is 104 Å². The van der Waals surface area contributed by atoms with Crippen LogP contribution in [0.2, 0.25) is 0 Å². The first-order chi connectivity index (χ1) is 26.8. The van der Waals surface area contributed by atoms with E-state index in [-0.39, 0.29) is 30.8 Å². The topological polar surface area (TPSA) is 201 Å². The molecule has 316 valence electrons. The number of hydrogen-bond donors (Lipinski definition) is 3. The molecule has 57 heavy (non-hydrogen) atoms. The number of fused-ring (bicyclic) bond motifs is 2. The largest absolute Gasteiger partial charge is 0.479 e. The molecule has 2 saturated heterocycles. The van der Waals surface area contributed by atoms with Gasteiger partial charge in [-0.3, -0.25) is 4.79 Å². The number of aliphatic hydroxyl groups is 2. The summed E-state index contributed by atoms with van der Waals surface area (Å²) >= 11 is 0. The molecule has 14 heteroatoms. The summed E-state index contributed by atoms with van der Waals surface area (Å²) in [5, 5.41) is 35.1. The van der Waals surface area contributed by atoms with Gasteiger partial charge in [0.25, 0.3) is 5.60 Å². The van der Waals surface area contributed by atoms with Crippen molar-refractivity contribution in [1.29, 1.82) is 0 Å². The number of aliphatic hydroxyl groups excluding tert-OH is 1. The van der Waals surface area contributed by atoms with Crippen LogP contribution in [0, 0.1) is 23.7 Å². The summed E-state index contributed by atoms with van der Waals surface area (Å²) in [6.07, 6.45) is -2.34. The van der Waals surface area contributed by atoms with Crippen LogP contribution in [-0.2, 0) is 58.8 Å². The Bertz CT molecular complexity index is 1620. The first-order valence-corrected chi connectivity index (χ1v) is 19.5. The fourth-order valence-electron chi connectivity index (χ4n) is 7.27. The molecule has 10 atom stereocenters. The van der Waals surface area contributed by atoms with E-state index in [9.17, 15) is 39.3 Å². The Labute approximate surface area is 335 Å². The maximum atomic E-state index is 14.2. The van der Waals surface area contributed by atoms with Crippen LogP contribution in [0.25, 0.3) is 0 Å². The first kappa shape index (κ1) is 47.0. The number of carboxylic acids is 1. The van der Waals surface area contributed by atoms with Gasteiger partial charge in [0.15, 0.2) is 6.10 Å². The number of rotatable bonds is 22. The lowest BCUT2D eigenvalue weighted by molar-refractivity contribution is -0.375. The molecule has 0 saturated carbocycles. The number of aliphatic carboxylic acids is 1. The van der Waals surface area contributed by atoms with Gasteiger partial charge in [0, 0.05) is 25.3 Å². The van der Waals surface area contributed by atoms with E-state index < -0.39 is 84.3 Å². The van der Waals surface area contributed by atoms with Gasteiger partial charge in [-0.05, 0) is 54.6 Å². The van der Waals surface area contributed by atoms with Crippen molar-refractivity contribution in [3.8, 4) is 0 Å². The lowest BCUT2D eigenvalue weighted by Gasteiger charge is -2.49. The molecule has 0 aromatic heterocycles. The third-order valence-corrected chi connectivity index (χ3v) is 10.5. The zero-order chi connectivity index (χ0) is 42.7.